The first-order valence-corrected chi connectivity index (χ1v) is 7.62. The minimum Gasteiger partial charge on any atom is -0.394 e. The van der Waals surface area contributed by atoms with E-state index in [2.05, 4.69) is 22.6 Å². The molecule has 1 N–H and O–H groups in total. The number of rotatable bonds is 6. The number of Topliss-reactive ketones (excluding diaryl/α,β-unsaturated/α-hetero) is 1. The zero-order valence-corrected chi connectivity index (χ0v) is 12.7. The predicted octanol–water partition coefficient (Wildman–Crippen LogP) is 0.687. The Balaban J connectivity index is 1.57. The van der Waals surface area contributed by atoms with E-state index < -0.39 is 5.60 Å². The minimum atomic E-state index is -0.511. The number of ether oxygens (including phenoxy) is 3. The summed E-state index contributed by atoms with van der Waals surface area (Å²) in [5, 5.41) is 8.60. The first kappa shape index (κ1) is 13.9. The summed E-state index contributed by atoms with van der Waals surface area (Å²) in [5.41, 5.74) is -0.511. The van der Waals surface area contributed by atoms with Crippen LogP contribution in [0.5, 0.6) is 0 Å². The summed E-state index contributed by atoms with van der Waals surface area (Å²) in [6, 6.07) is 0. The zero-order valence-electron chi connectivity index (χ0n) is 10.5. The Morgan fingerprint density at radius 1 is 1.47 bits per heavy atom. The summed E-state index contributed by atoms with van der Waals surface area (Å²) < 4.78 is 17.6. The van der Waals surface area contributed by atoms with Crippen molar-refractivity contribution in [3.8, 4) is 0 Å². The molecule has 4 rings (SSSR count). The minimum absolute atomic E-state index is 0.0212. The van der Waals surface area contributed by atoms with Gasteiger partial charge in [-0.2, -0.15) is 0 Å². The monoisotopic (exact) mass is 380 g/mol. The van der Waals surface area contributed by atoms with Gasteiger partial charge < -0.3 is 19.3 Å². The molecule has 2 bridgehead atoms. The standard InChI is InChI=1S/C13H17IO5/c14-10-5-8-11(18-4-3-17-2-1-15)6-9(10)13(7-19-13)12(8)16/h5,8-9,11,15H,1-4,6-7H2/t8?,9?,11?,13-/m0/s1. The van der Waals surface area contributed by atoms with Crippen molar-refractivity contribution in [2.45, 2.75) is 18.1 Å². The molecule has 6 heteroatoms. The third kappa shape index (κ3) is 2.37. The van der Waals surface area contributed by atoms with E-state index in [1.165, 1.54) is 3.58 Å². The molecule has 5 nitrogen and oxygen atoms in total. The molecule has 3 aliphatic carbocycles. The normalized spacial score (nSPS) is 39.8. The van der Waals surface area contributed by atoms with Crippen LogP contribution < -0.4 is 0 Å². The molecule has 3 unspecified atom stereocenters. The van der Waals surface area contributed by atoms with Crippen molar-refractivity contribution >= 4 is 28.4 Å². The first-order chi connectivity index (χ1) is 9.19. The molecule has 1 heterocycles. The van der Waals surface area contributed by atoms with E-state index in [4.69, 9.17) is 19.3 Å². The first-order valence-electron chi connectivity index (χ1n) is 6.55. The van der Waals surface area contributed by atoms with Gasteiger partial charge >= 0.3 is 0 Å². The van der Waals surface area contributed by atoms with E-state index in [-0.39, 0.29) is 30.3 Å². The largest absolute Gasteiger partial charge is 0.394 e. The van der Waals surface area contributed by atoms with Gasteiger partial charge in [0.1, 0.15) is 0 Å². The number of aliphatic hydroxyl groups is 1. The maximum absolute atomic E-state index is 12.3. The highest BCUT2D eigenvalue weighted by Gasteiger charge is 2.66. The van der Waals surface area contributed by atoms with Crippen molar-refractivity contribution < 1.29 is 24.1 Å². The lowest BCUT2D eigenvalue weighted by molar-refractivity contribution is -0.141. The summed E-state index contributed by atoms with van der Waals surface area (Å²) in [6.07, 6.45) is 2.83. The average Bonchev–Trinajstić information content (AvgIpc) is 3.18. The van der Waals surface area contributed by atoms with Crippen LogP contribution in [-0.4, -0.2) is 55.6 Å². The molecule has 2 fully saturated rings. The van der Waals surface area contributed by atoms with Crippen LogP contribution in [0.25, 0.3) is 0 Å². The summed E-state index contributed by atoms with van der Waals surface area (Å²) in [5.74, 6) is 0.191. The Bertz CT molecular complexity index is 404. The van der Waals surface area contributed by atoms with Crippen LogP contribution in [0, 0.1) is 11.8 Å². The smallest absolute Gasteiger partial charge is 0.177 e. The number of epoxide rings is 1. The van der Waals surface area contributed by atoms with Crippen molar-refractivity contribution in [3.05, 3.63) is 9.66 Å². The Morgan fingerprint density at radius 2 is 2.26 bits per heavy atom. The molecule has 1 saturated carbocycles. The van der Waals surface area contributed by atoms with Crippen molar-refractivity contribution in [2.75, 3.05) is 33.0 Å². The molecule has 1 saturated heterocycles. The molecule has 0 radical (unpaired) electrons. The van der Waals surface area contributed by atoms with Gasteiger partial charge in [0.25, 0.3) is 0 Å². The van der Waals surface area contributed by atoms with Crippen molar-refractivity contribution in [2.24, 2.45) is 11.8 Å². The van der Waals surface area contributed by atoms with Crippen LogP contribution in [0.4, 0.5) is 0 Å². The van der Waals surface area contributed by atoms with Crippen LogP contribution in [-0.2, 0) is 19.0 Å². The Hall–Kier alpha value is -0.0200. The molecule has 0 aromatic rings. The Morgan fingerprint density at radius 3 is 2.95 bits per heavy atom. The average molecular weight is 380 g/mol. The van der Waals surface area contributed by atoms with Crippen molar-refractivity contribution in [3.63, 3.8) is 0 Å². The highest BCUT2D eigenvalue weighted by atomic mass is 127. The number of aliphatic hydroxyl groups excluding tert-OH is 1. The molecule has 106 valence electrons. The van der Waals surface area contributed by atoms with Gasteiger partial charge in [0.05, 0.1) is 45.1 Å². The third-order valence-electron chi connectivity index (χ3n) is 4.07. The summed E-state index contributed by atoms with van der Waals surface area (Å²) in [4.78, 5) is 12.3. The molecule has 0 aromatic carbocycles. The number of ketones is 1. The number of hydrogen-bond donors (Lipinski definition) is 1. The second-order valence-corrected chi connectivity index (χ2v) is 6.40. The van der Waals surface area contributed by atoms with Gasteiger partial charge in [-0.25, -0.2) is 0 Å². The van der Waals surface area contributed by atoms with Gasteiger partial charge in [0.2, 0.25) is 0 Å². The van der Waals surface area contributed by atoms with Gasteiger partial charge in [-0.1, -0.05) is 6.08 Å². The van der Waals surface area contributed by atoms with E-state index in [0.29, 0.717) is 26.4 Å². The number of carbonyl (C=O) groups excluding carboxylic acids is 1. The van der Waals surface area contributed by atoms with E-state index in [9.17, 15) is 4.79 Å². The molecule has 0 amide bonds. The Kier molecular flexibility index (Phi) is 3.96. The van der Waals surface area contributed by atoms with Gasteiger partial charge in [-0.05, 0) is 32.6 Å². The van der Waals surface area contributed by atoms with E-state index in [0.717, 1.165) is 6.42 Å². The van der Waals surface area contributed by atoms with E-state index in [1.807, 2.05) is 6.08 Å². The van der Waals surface area contributed by atoms with Gasteiger partial charge in [0, 0.05) is 5.92 Å². The fourth-order valence-corrected chi connectivity index (χ4v) is 4.16. The number of hydrogen-bond acceptors (Lipinski definition) is 5. The number of halogens is 1. The van der Waals surface area contributed by atoms with Gasteiger partial charge in [-0.3, -0.25) is 4.79 Å². The molecule has 4 aliphatic rings. The summed E-state index contributed by atoms with van der Waals surface area (Å²) in [7, 11) is 0. The highest BCUT2D eigenvalue weighted by molar-refractivity contribution is 14.1. The van der Waals surface area contributed by atoms with Crippen molar-refractivity contribution in [1.29, 1.82) is 0 Å². The number of carbonyl (C=O) groups is 1. The molecule has 1 spiro atoms. The predicted molar refractivity (Wildman–Crippen MR) is 75.0 cm³/mol. The maximum atomic E-state index is 12.3. The lowest BCUT2D eigenvalue weighted by Gasteiger charge is -2.42. The fourth-order valence-electron chi connectivity index (χ4n) is 3.02. The Labute approximate surface area is 125 Å². The molecular weight excluding hydrogens is 363 g/mol. The molecule has 0 aromatic heterocycles. The lowest BCUT2D eigenvalue weighted by Crippen LogP contribution is -2.53. The highest BCUT2D eigenvalue weighted by Crippen LogP contribution is 2.55. The lowest BCUT2D eigenvalue weighted by atomic mass is 9.66. The number of fused-ring (bicyclic) bond motifs is 1. The molecular formula is C13H17IO5. The van der Waals surface area contributed by atoms with E-state index in [1.54, 1.807) is 0 Å². The second-order valence-electron chi connectivity index (χ2n) is 5.15. The SMILES string of the molecule is O=C1C2C=C(I)C(CC2OCCOCCO)[C@@]12CO2. The topological polar surface area (TPSA) is 68.3 Å². The quantitative estimate of drug-likeness (QED) is 0.417. The van der Waals surface area contributed by atoms with Gasteiger partial charge in [-0.15, -0.1) is 0 Å². The van der Waals surface area contributed by atoms with Crippen LogP contribution in [0.1, 0.15) is 6.42 Å². The van der Waals surface area contributed by atoms with Crippen LogP contribution in [0.15, 0.2) is 9.66 Å². The maximum Gasteiger partial charge on any atom is 0.177 e. The van der Waals surface area contributed by atoms with Gasteiger partial charge in [0.15, 0.2) is 11.4 Å². The third-order valence-corrected chi connectivity index (χ3v) is 5.18. The summed E-state index contributed by atoms with van der Waals surface area (Å²) in [6.45, 7) is 1.82. The fraction of sp³-hybridized carbons (Fsp3) is 0.769. The van der Waals surface area contributed by atoms with E-state index >= 15 is 0 Å². The second kappa shape index (κ2) is 5.40. The van der Waals surface area contributed by atoms with Crippen LogP contribution in [0.3, 0.4) is 0 Å². The molecule has 1 aliphatic heterocycles. The zero-order chi connectivity index (χ0) is 13.5. The summed E-state index contributed by atoms with van der Waals surface area (Å²) >= 11 is 2.31. The van der Waals surface area contributed by atoms with Crippen LogP contribution >= 0.6 is 22.6 Å². The molecule has 4 atom stereocenters. The molecule has 19 heavy (non-hydrogen) atoms. The van der Waals surface area contributed by atoms with Crippen LogP contribution in [0.2, 0.25) is 0 Å². The van der Waals surface area contributed by atoms with Crippen molar-refractivity contribution in [1.82, 2.24) is 0 Å².